The fourth-order valence-electron chi connectivity index (χ4n) is 4.55. The number of ether oxygens (including phenoxy) is 1. The second kappa shape index (κ2) is 8.79. The van der Waals surface area contributed by atoms with Crippen LogP contribution in [0.4, 0.5) is 11.4 Å². The Kier molecular flexibility index (Phi) is 6.07. The van der Waals surface area contributed by atoms with E-state index in [4.69, 9.17) is 9.72 Å². The van der Waals surface area contributed by atoms with Crippen LogP contribution in [0.25, 0.3) is 11.4 Å². The Bertz CT molecular complexity index is 1200. The first kappa shape index (κ1) is 22.1. The normalized spacial score (nSPS) is 17.3. The summed E-state index contributed by atoms with van der Waals surface area (Å²) in [4.78, 5) is 20.4. The summed E-state index contributed by atoms with van der Waals surface area (Å²) < 4.78 is 7.67. The van der Waals surface area contributed by atoms with E-state index in [1.54, 1.807) is 11.6 Å². The van der Waals surface area contributed by atoms with Crippen LogP contribution in [0.2, 0.25) is 0 Å². The number of nitrogens with zero attached hydrogens (tertiary/aromatic N) is 3. The number of hydrogen-bond acceptors (Lipinski definition) is 5. The molecule has 4 rings (SSSR count). The molecule has 0 saturated heterocycles. The Labute approximate surface area is 189 Å². The van der Waals surface area contributed by atoms with E-state index in [1.165, 1.54) is 11.1 Å². The molecule has 168 valence electrons. The Hall–Kier alpha value is -3.12. The highest BCUT2D eigenvalue weighted by molar-refractivity contribution is 5.67. The minimum Gasteiger partial charge on any atom is -0.378 e. The third-order valence-electron chi connectivity index (χ3n) is 6.30. The molecule has 32 heavy (non-hydrogen) atoms. The van der Waals surface area contributed by atoms with E-state index < -0.39 is 0 Å². The van der Waals surface area contributed by atoms with Gasteiger partial charge in [0.2, 0.25) is 0 Å². The van der Waals surface area contributed by atoms with Crippen molar-refractivity contribution in [2.75, 3.05) is 30.9 Å². The number of benzene rings is 2. The average molecular weight is 433 g/mol. The van der Waals surface area contributed by atoms with Crippen LogP contribution in [0, 0.1) is 13.8 Å². The van der Waals surface area contributed by atoms with E-state index in [0.717, 1.165) is 23.2 Å². The lowest BCUT2D eigenvalue weighted by molar-refractivity contribution is 0.0574. The van der Waals surface area contributed by atoms with Gasteiger partial charge in [-0.05, 0) is 55.7 Å². The molecule has 3 aromatic rings. The first-order chi connectivity index (χ1) is 15.3. The first-order valence-electron chi connectivity index (χ1n) is 11.1. The topological polar surface area (TPSA) is 59.4 Å². The van der Waals surface area contributed by atoms with Crippen LogP contribution in [0.5, 0.6) is 0 Å². The number of aromatic nitrogens is 2. The Morgan fingerprint density at radius 2 is 1.94 bits per heavy atom. The second-order valence-corrected chi connectivity index (χ2v) is 8.67. The Morgan fingerprint density at radius 1 is 1.19 bits per heavy atom. The van der Waals surface area contributed by atoms with Crippen LogP contribution in [0.1, 0.15) is 35.3 Å². The van der Waals surface area contributed by atoms with Crippen LogP contribution in [0.15, 0.2) is 47.3 Å². The second-order valence-electron chi connectivity index (χ2n) is 8.67. The zero-order valence-electron chi connectivity index (χ0n) is 19.8. The van der Waals surface area contributed by atoms with E-state index in [-0.39, 0.29) is 17.7 Å². The molecule has 1 N–H and O–H groups in total. The fourth-order valence-corrected chi connectivity index (χ4v) is 4.55. The molecule has 0 amide bonds. The van der Waals surface area contributed by atoms with Gasteiger partial charge in [0.05, 0.1) is 17.8 Å². The maximum absolute atomic E-state index is 13.4. The van der Waals surface area contributed by atoms with E-state index in [1.807, 2.05) is 40.1 Å². The van der Waals surface area contributed by atoms with Gasteiger partial charge in [0, 0.05) is 45.4 Å². The first-order valence-corrected chi connectivity index (χ1v) is 11.1. The van der Waals surface area contributed by atoms with Crippen molar-refractivity contribution in [3.63, 3.8) is 0 Å². The summed E-state index contributed by atoms with van der Waals surface area (Å²) in [6, 6.07) is 14.5. The van der Waals surface area contributed by atoms with Crippen molar-refractivity contribution in [1.82, 2.24) is 9.55 Å². The van der Waals surface area contributed by atoms with Gasteiger partial charge < -0.3 is 15.0 Å². The quantitative estimate of drug-likeness (QED) is 0.631. The predicted molar refractivity (Wildman–Crippen MR) is 131 cm³/mol. The number of anilines is 2. The van der Waals surface area contributed by atoms with E-state index in [9.17, 15) is 4.79 Å². The molecule has 0 radical (unpaired) electrons. The number of hydrogen-bond donors (Lipinski definition) is 1. The summed E-state index contributed by atoms with van der Waals surface area (Å²) in [7, 11) is 5.82. The van der Waals surface area contributed by atoms with Crippen molar-refractivity contribution in [3.05, 3.63) is 75.2 Å². The molecule has 0 aliphatic heterocycles. The maximum atomic E-state index is 13.4. The molecule has 0 saturated carbocycles. The molecule has 1 aliphatic carbocycles. The summed E-state index contributed by atoms with van der Waals surface area (Å²) in [5, 5.41) is 3.50. The minimum atomic E-state index is -0.0804. The van der Waals surface area contributed by atoms with Gasteiger partial charge in [0.1, 0.15) is 11.5 Å². The predicted octanol–water partition coefficient (Wildman–Crippen LogP) is 4.24. The van der Waals surface area contributed by atoms with Crippen molar-refractivity contribution in [3.8, 4) is 11.4 Å². The number of aryl methyl sites for hydroxylation is 2. The van der Waals surface area contributed by atoms with Gasteiger partial charge in [-0.15, -0.1) is 0 Å². The molecule has 0 spiro atoms. The number of nitrogens with one attached hydrogen (secondary N) is 1. The van der Waals surface area contributed by atoms with Gasteiger partial charge in [-0.2, -0.15) is 0 Å². The maximum Gasteiger partial charge on any atom is 0.277 e. The van der Waals surface area contributed by atoms with Crippen LogP contribution >= 0.6 is 0 Å². The number of fused-ring (bicyclic) bond motifs is 1. The summed E-state index contributed by atoms with van der Waals surface area (Å²) in [6.45, 7) is 6.59. The Morgan fingerprint density at radius 3 is 2.62 bits per heavy atom. The van der Waals surface area contributed by atoms with Gasteiger partial charge in [0.25, 0.3) is 5.56 Å². The summed E-state index contributed by atoms with van der Waals surface area (Å²) in [5.74, 6) is 0.675. The molecule has 6 nitrogen and oxygen atoms in total. The smallest absolute Gasteiger partial charge is 0.277 e. The van der Waals surface area contributed by atoms with Crippen molar-refractivity contribution < 1.29 is 4.74 Å². The highest BCUT2D eigenvalue weighted by Gasteiger charge is 2.34. The van der Waals surface area contributed by atoms with Gasteiger partial charge in [-0.3, -0.25) is 9.36 Å². The zero-order valence-corrected chi connectivity index (χ0v) is 19.8. The van der Waals surface area contributed by atoms with Crippen molar-refractivity contribution in [1.29, 1.82) is 0 Å². The molecule has 6 heteroatoms. The van der Waals surface area contributed by atoms with Gasteiger partial charge >= 0.3 is 0 Å². The monoisotopic (exact) mass is 432 g/mol. The lowest BCUT2D eigenvalue weighted by Gasteiger charge is -2.24. The van der Waals surface area contributed by atoms with E-state index in [2.05, 4.69) is 47.5 Å². The van der Waals surface area contributed by atoms with Crippen molar-refractivity contribution in [2.24, 2.45) is 7.05 Å². The van der Waals surface area contributed by atoms with Crippen LogP contribution in [0.3, 0.4) is 0 Å². The molecule has 0 bridgehead atoms. The van der Waals surface area contributed by atoms with Gasteiger partial charge in [-0.1, -0.05) is 24.3 Å². The highest BCUT2D eigenvalue weighted by Crippen LogP contribution is 2.36. The lowest BCUT2D eigenvalue weighted by Crippen LogP contribution is -2.31. The molecule has 1 heterocycles. The van der Waals surface area contributed by atoms with E-state index >= 15 is 0 Å². The molecule has 0 fully saturated rings. The van der Waals surface area contributed by atoms with Gasteiger partial charge in [-0.25, -0.2) is 4.98 Å². The molecule has 2 aromatic carbocycles. The van der Waals surface area contributed by atoms with Crippen LogP contribution in [-0.4, -0.2) is 36.4 Å². The van der Waals surface area contributed by atoms with Crippen LogP contribution in [-0.2, 0) is 18.2 Å². The van der Waals surface area contributed by atoms with Crippen molar-refractivity contribution >= 4 is 11.4 Å². The Balaban J connectivity index is 1.73. The molecule has 2 unspecified atom stereocenters. The van der Waals surface area contributed by atoms with Crippen LogP contribution < -0.4 is 15.8 Å². The van der Waals surface area contributed by atoms with Gasteiger partial charge in [0.15, 0.2) is 0 Å². The summed E-state index contributed by atoms with van der Waals surface area (Å²) in [6.07, 6.45) is 0.825. The molecule has 1 aromatic heterocycles. The third-order valence-corrected chi connectivity index (χ3v) is 6.30. The third kappa shape index (κ3) is 3.91. The molecular formula is C26H32N4O2. The standard InChI is InChI=1S/C26H32N4O2/c1-7-32-22-15-18-10-8-9-11-21(18)24(22)28-23-17(3)27-25(30(6)26(23)31)20-13-12-19(29(4)5)14-16(20)2/h8-14,22,24,28H,7,15H2,1-6H3. The molecular weight excluding hydrogens is 400 g/mol. The number of rotatable bonds is 6. The minimum absolute atomic E-state index is 0.0120. The summed E-state index contributed by atoms with van der Waals surface area (Å²) >= 11 is 0. The largest absolute Gasteiger partial charge is 0.378 e. The zero-order chi connectivity index (χ0) is 23.0. The molecule has 2 atom stereocenters. The van der Waals surface area contributed by atoms with E-state index in [0.29, 0.717) is 23.8 Å². The SMILES string of the molecule is CCOC1Cc2ccccc2C1Nc1c(C)nc(-c2ccc(N(C)C)cc2C)n(C)c1=O. The average Bonchev–Trinajstić information content (AvgIpc) is 3.11. The van der Waals surface area contributed by atoms with Crippen molar-refractivity contribution in [2.45, 2.75) is 39.3 Å². The lowest BCUT2D eigenvalue weighted by atomic mass is 10.1. The summed E-state index contributed by atoms with van der Waals surface area (Å²) in [5.41, 5.74) is 6.76. The highest BCUT2D eigenvalue weighted by atomic mass is 16.5. The molecule has 1 aliphatic rings. The fraction of sp³-hybridized carbons (Fsp3) is 0.385.